The molecule has 0 fully saturated rings. The number of aromatic nitrogens is 2. The van der Waals surface area contributed by atoms with Crippen molar-refractivity contribution in [2.75, 3.05) is 6.54 Å². The summed E-state index contributed by atoms with van der Waals surface area (Å²) in [6, 6.07) is 0. The quantitative estimate of drug-likeness (QED) is 0.780. The summed E-state index contributed by atoms with van der Waals surface area (Å²) < 4.78 is 0. The van der Waals surface area contributed by atoms with Crippen molar-refractivity contribution < 1.29 is 4.79 Å². The molecule has 78 valence electrons. The van der Waals surface area contributed by atoms with E-state index in [1.807, 2.05) is 6.92 Å². The molecule has 1 N–H and O–H groups in total. The number of rotatable bonds is 2. The highest BCUT2D eigenvalue weighted by atomic mass is 16.1. The first-order chi connectivity index (χ1) is 6.76. The van der Waals surface area contributed by atoms with Crippen molar-refractivity contribution in [3.8, 4) is 0 Å². The van der Waals surface area contributed by atoms with Crippen molar-refractivity contribution >= 4 is 5.91 Å². The van der Waals surface area contributed by atoms with E-state index in [-0.39, 0.29) is 5.91 Å². The van der Waals surface area contributed by atoms with Crippen molar-refractivity contribution in [3.05, 3.63) is 24.3 Å². The van der Waals surface area contributed by atoms with Gasteiger partial charge in [-0.2, -0.15) is 0 Å². The molecule has 4 heteroatoms. The first-order valence-corrected chi connectivity index (χ1v) is 4.80. The van der Waals surface area contributed by atoms with E-state index in [1.54, 1.807) is 0 Å². The predicted octanol–water partition coefficient (Wildman–Crippen LogP) is 1.64. The Kier molecular flexibility index (Phi) is 7.32. The Labute approximate surface area is 84.8 Å². The maximum Gasteiger partial charge on any atom is 0.271 e. The highest BCUT2D eigenvalue weighted by Gasteiger charge is 2.02. The Morgan fingerprint density at radius 1 is 1.36 bits per heavy atom. The molecule has 1 amide bonds. The zero-order chi connectivity index (χ0) is 10.8. The fourth-order valence-electron chi connectivity index (χ4n) is 0.667. The third-order valence-electron chi connectivity index (χ3n) is 1.13. The molecule has 0 radical (unpaired) electrons. The summed E-state index contributed by atoms with van der Waals surface area (Å²) in [4.78, 5) is 18.6. The van der Waals surface area contributed by atoms with E-state index in [9.17, 15) is 4.79 Å². The van der Waals surface area contributed by atoms with Crippen molar-refractivity contribution in [1.82, 2.24) is 15.3 Å². The van der Waals surface area contributed by atoms with Gasteiger partial charge in [0.2, 0.25) is 0 Å². The number of hydrogen-bond donors (Lipinski definition) is 1. The van der Waals surface area contributed by atoms with Gasteiger partial charge in [-0.3, -0.25) is 9.78 Å². The Bertz CT molecular complexity index is 249. The number of nitrogens with zero attached hydrogens (tertiary/aromatic N) is 2. The lowest BCUT2D eigenvalue weighted by molar-refractivity contribution is 0.0950. The number of carbonyl (C=O) groups is 1. The van der Waals surface area contributed by atoms with E-state index in [0.29, 0.717) is 12.2 Å². The van der Waals surface area contributed by atoms with E-state index in [2.05, 4.69) is 29.1 Å². The highest BCUT2D eigenvalue weighted by Crippen LogP contribution is 1.88. The van der Waals surface area contributed by atoms with Gasteiger partial charge in [0.25, 0.3) is 5.91 Å². The molecule has 0 spiro atoms. The summed E-state index contributed by atoms with van der Waals surface area (Å²) in [6.07, 6.45) is 5.71. The van der Waals surface area contributed by atoms with Gasteiger partial charge in [-0.05, 0) is 6.92 Å². The largest absolute Gasteiger partial charge is 0.351 e. The standard InChI is InChI=1S/C7H9N3O.C3H8/c1-2-9-7(11)6-5-8-3-4-10-6;1-3-2/h3-5H,2H2,1H3,(H,9,11);3H2,1-2H3. The number of amides is 1. The molecule has 1 heterocycles. The molecular weight excluding hydrogens is 178 g/mol. The Hall–Kier alpha value is -1.45. The van der Waals surface area contributed by atoms with Crippen LogP contribution in [-0.2, 0) is 0 Å². The zero-order valence-electron chi connectivity index (χ0n) is 8.95. The topological polar surface area (TPSA) is 54.9 Å². The Morgan fingerprint density at radius 3 is 2.43 bits per heavy atom. The summed E-state index contributed by atoms with van der Waals surface area (Å²) in [6.45, 7) is 6.71. The molecule has 0 aliphatic heterocycles. The van der Waals surface area contributed by atoms with Gasteiger partial charge in [0.15, 0.2) is 0 Å². The van der Waals surface area contributed by atoms with Crippen molar-refractivity contribution in [1.29, 1.82) is 0 Å². The van der Waals surface area contributed by atoms with Gasteiger partial charge >= 0.3 is 0 Å². The first kappa shape index (κ1) is 12.6. The fourth-order valence-corrected chi connectivity index (χ4v) is 0.667. The maximum atomic E-state index is 11.0. The van der Waals surface area contributed by atoms with Crippen LogP contribution in [0.1, 0.15) is 37.7 Å². The fraction of sp³-hybridized carbons (Fsp3) is 0.500. The van der Waals surface area contributed by atoms with E-state index in [0.717, 1.165) is 0 Å². The molecule has 0 aliphatic carbocycles. The average Bonchev–Trinajstić information content (AvgIpc) is 2.21. The Morgan fingerprint density at radius 2 is 2.00 bits per heavy atom. The molecule has 0 bridgehead atoms. The number of carbonyl (C=O) groups excluding carboxylic acids is 1. The lowest BCUT2D eigenvalue weighted by Crippen LogP contribution is -2.23. The second-order valence-electron chi connectivity index (χ2n) is 2.66. The predicted molar refractivity (Wildman–Crippen MR) is 56.0 cm³/mol. The van der Waals surface area contributed by atoms with Gasteiger partial charge in [0.05, 0.1) is 6.20 Å². The van der Waals surface area contributed by atoms with E-state index in [1.165, 1.54) is 25.0 Å². The van der Waals surface area contributed by atoms with E-state index >= 15 is 0 Å². The molecule has 1 rings (SSSR count). The molecule has 0 unspecified atom stereocenters. The van der Waals surface area contributed by atoms with E-state index in [4.69, 9.17) is 0 Å². The Balaban J connectivity index is 0.000000500. The van der Waals surface area contributed by atoms with Crippen molar-refractivity contribution in [2.45, 2.75) is 27.2 Å². The molecular formula is C10H17N3O. The second-order valence-corrected chi connectivity index (χ2v) is 2.66. The third-order valence-corrected chi connectivity index (χ3v) is 1.13. The molecule has 1 aromatic rings. The lowest BCUT2D eigenvalue weighted by Gasteiger charge is -1.98. The molecule has 1 aromatic heterocycles. The minimum absolute atomic E-state index is 0.180. The summed E-state index contributed by atoms with van der Waals surface area (Å²) in [5.41, 5.74) is 0.356. The molecule has 0 atom stereocenters. The zero-order valence-corrected chi connectivity index (χ0v) is 8.95. The molecule has 0 saturated heterocycles. The monoisotopic (exact) mass is 195 g/mol. The van der Waals surface area contributed by atoms with Crippen LogP contribution in [0.25, 0.3) is 0 Å². The molecule has 4 nitrogen and oxygen atoms in total. The van der Waals surface area contributed by atoms with Crippen LogP contribution in [0, 0.1) is 0 Å². The minimum Gasteiger partial charge on any atom is -0.351 e. The molecule has 0 saturated carbocycles. The molecule has 14 heavy (non-hydrogen) atoms. The summed E-state index contributed by atoms with van der Waals surface area (Å²) in [5.74, 6) is -0.180. The minimum atomic E-state index is -0.180. The van der Waals surface area contributed by atoms with Gasteiger partial charge < -0.3 is 5.32 Å². The van der Waals surface area contributed by atoms with Gasteiger partial charge in [0.1, 0.15) is 5.69 Å². The molecule has 0 aromatic carbocycles. The smallest absolute Gasteiger partial charge is 0.271 e. The van der Waals surface area contributed by atoms with Crippen LogP contribution in [0.4, 0.5) is 0 Å². The SMILES string of the molecule is CCC.CCNC(=O)c1cnccn1. The number of nitrogens with one attached hydrogen (secondary N) is 1. The van der Waals surface area contributed by atoms with Crippen LogP contribution in [0.3, 0.4) is 0 Å². The van der Waals surface area contributed by atoms with E-state index < -0.39 is 0 Å². The van der Waals surface area contributed by atoms with Crippen LogP contribution < -0.4 is 5.32 Å². The lowest BCUT2D eigenvalue weighted by atomic mass is 10.4. The van der Waals surface area contributed by atoms with Crippen molar-refractivity contribution in [2.24, 2.45) is 0 Å². The van der Waals surface area contributed by atoms with Crippen LogP contribution in [0.15, 0.2) is 18.6 Å². The first-order valence-electron chi connectivity index (χ1n) is 4.80. The highest BCUT2D eigenvalue weighted by molar-refractivity contribution is 5.91. The number of hydrogen-bond acceptors (Lipinski definition) is 3. The third kappa shape index (κ3) is 5.24. The van der Waals surface area contributed by atoms with Gasteiger partial charge in [-0.25, -0.2) is 4.98 Å². The molecule has 0 aliphatic rings. The maximum absolute atomic E-state index is 11.0. The average molecular weight is 195 g/mol. The van der Waals surface area contributed by atoms with Crippen molar-refractivity contribution in [3.63, 3.8) is 0 Å². The normalized spacial score (nSPS) is 8.50. The van der Waals surface area contributed by atoms with Gasteiger partial charge in [0, 0.05) is 18.9 Å². The van der Waals surface area contributed by atoms with Crippen LogP contribution in [0.2, 0.25) is 0 Å². The van der Waals surface area contributed by atoms with Gasteiger partial charge in [-0.15, -0.1) is 0 Å². The van der Waals surface area contributed by atoms with Crippen LogP contribution >= 0.6 is 0 Å². The summed E-state index contributed by atoms with van der Waals surface area (Å²) in [5, 5.41) is 2.62. The van der Waals surface area contributed by atoms with Crippen LogP contribution in [-0.4, -0.2) is 22.4 Å². The summed E-state index contributed by atoms with van der Waals surface area (Å²) in [7, 11) is 0. The van der Waals surface area contributed by atoms with Crippen LogP contribution in [0.5, 0.6) is 0 Å². The van der Waals surface area contributed by atoms with Gasteiger partial charge in [-0.1, -0.05) is 20.3 Å². The summed E-state index contributed by atoms with van der Waals surface area (Å²) >= 11 is 0. The second kappa shape index (κ2) is 8.16.